The van der Waals surface area contributed by atoms with Gasteiger partial charge in [0.2, 0.25) is 11.8 Å². The summed E-state index contributed by atoms with van der Waals surface area (Å²) < 4.78 is 0. The van der Waals surface area contributed by atoms with Gasteiger partial charge in [0.1, 0.15) is 0 Å². The number of carbonyl (C=O) groups is 2. The fourth-order valence-electron chi connectivity index (χ4n) is 3.70. The van der Waals surface area contributed by atoms with Crippen LogP contribution in [0, 0.1) is 11.3 Å². The summed E-state index contributed by atoms with van der Waals surface area (Å²) in [6, 6.07) is 10.1. The number of carbonyl (C=O) groups excluding carboxylic acids is 2. The van der Waals surface area contributed by atoms with E-state index < -0.39 is 6.04 Å². The maximum atomic E-state index is 13.2. The second kappa shape index (κ2) is 9.27. The lowest BCUT2D eigenvalue weighted by atomic mass is 9.85. The van der Waals surface area contributed by atoms with Crippen LogP contribution in [0.1, 0.15) is 52.0 Å². The van der Waals surface area contributed by atoms with Gasteiger partial charge >= 0.3 is 0 Å². The van der Waals surface area contributed by atoms with Crippen LogP contribution in [0.15, 0.2) is 30.3 Å². The predicted molar refractivity (Wildman–Crippen MR) is 114 cm³/mol. The van der Waals surface area contributed by atoms with Gasteiger partial charge in [0.25, 0.3) is 0 Å². The summed E-state index contributed by atoms with van der Waals surface area (Å²) in [4.78, 5) is 29.7. The van der Waals surface area contributed by atoms with Gasteiger partial charge in [-0.1, -0.05) is 51.1 Å². The molecule has 0 bridgehead atoms. The minimum absolute atomic E-state index is 0. The molecule has 1 heterocycles. The molecule has 2 amide bonds. The molecule has 28 heavy (non-hydrogen) atoms. The Morgan fingerprint density at radius 2 is 1.68 bits per heavy atom. The average Bonchev–Trinajstić information content (AvgIpc) is 3.49. The van der Waals surface area contributed by atoms with Gasteiger partial charge in [-0.15, -0.1) is 12.4 Å². The maximum Gasteiger partial charge on any atom is 0.240 e. The number of piperidine rings is 1. The fraction of sp³-hybridized carbons (Fsp3) is 0.636. The molecule has 1 aromatic carbocycles. The summed E-state index contributed by atoms with van der Waals surface area (Å²) in [6.07, 6.45) is 3.69. The van der Waals surface area contributed by atoms with Crippen molar-refractivity contribution in [1.82, 2.24) is 9.80 Å². The first-order valence-electron chi connectivity index (χ1n) is 10.2. The van der Waals surface area contributed by atoms with E-state index in [4.69, 9.17) is 5.73 Å². The molecule has 3 rings (SSSR count). The molecule has 1 atom stereocenters. The highest BCUT2D eigenvalue weighted by atomic mass is 35.5. The third-order valence-electron chi connectivity index (χ3n) is 5.82. The van der Waals surface area contributed by atoms with E-state index >= 15 is 0 Å². The van der Waals surface area contributed by atoms with E-state index in [9.17, 15) is 9.59 Å². The summed E-state index contributed by atoms with van der Waals surface area (Å²) in [5.41, 5.74) is 7.07. The zero-order valence-corrected chi connectivity index (χ0v) is 18.1. The number of likely N-dealkylation sites (tertiary alicyclic amines) is 1. The van der Waals surface area contributed by atoms with E-state index in [1.807, 2.05) is 43.9 Å². The summed E-state index contributed by atoms with van der Waals surface area (Å²) in [5.74, 6) is 0.287. The van der Waals surface area contributed by atoms with Gasteiger partial charge in [0, 0.05) is 31.6 Å². The van der Waals surface area contributed by atoms with Crippen LogP contribution in [0.2, 0.25) is 0 Å². The molecule has 2 aliphatic rings. The third kappa shape index (κ3) is 5.48. The van der Waals surface area contributed by atoms with Gasteiger partial charge in [-0.05, 0) is 36.7 Å². The van der Waals surface area contributed by atoms with E-state index in [2.05, 4.69) is 17.0 Å². The molecule has 1 saturated carbocycles. The lowest BCUT2D eigenvalue weighted by Gasteiger charge is -2.37. The van der Waals surface area contributed by atoms with Crippen molar-refractivity contribution < 1.29 is 9.59 Å². The van der Waals surface area contributed by atoms with Crippen LogP contribution in [0.3, 0.4) is 0 Å². The number of amides is 2. The number of benzene rings is 1. The molecule has 1 aliphatic carbocycles. The Labute approximate surface area is 175 Å². The van der Waals surface area contributed by atoms with E-state index in [1.54, 1.807) is 0 Å². The average molecular weight is 408 g/mol. The molecule has 156 valence electrons. The molecule has 0 radical (unpaired) electrons. The van der Waals surface area contributed by atoms with Gasteiger partial charge in [-0.25, -0.2) is 0 Å². The highest BCUT2D eigenvalue weighted by Crippen LogP contribution is 2.32. The standard InChI is InChI=1S/C22H33N3O2.ClH/c1-22(2,3)19(23)21(27)24-13-11-17(12-14-24)20(26)25(18-9-10-18)15-16-7-5-4-6-8-16;/h4-8,17-19H,9-15,23H2,1-3H3;1H/t19-;/m1./s1. The minimum Gasteiger partial charge on any atom is -0.341 e. The van der Waals surface area contributed by atoms with Gasteiger partial charge in [-0.3, -0.25) is 9.59 Å². The zero-order valence-electron chi connectivity index (χ0n) is 17.3. The molecule has 0 unspecified atom stereocenters. The number of nitrogens with zero attached hydrogens (tertiary/aromatic N) is 2. The second-order valence-corrected chi connectivity index (χ2v) is 9.13. The molecule has 1 aliphatic heterocycles. The molecule has 2 fully saturated rings. The van der Waals surface area contributed by atoms with Crippen molar-refractivity contribution in [3.63, 3.8) is 0 Å². The van der Waals surface area contributed by atoms with Crippen molar-refractivity contribution in [2.75, 3.05) is 13.1 Å². The Bertz CT molecular complexity index is 662. The van der Waals surface area contributed by atoms with Crippen LogP contribution < -0.4 is 5.73 Å². The normalized spacial score (nSPS) is 18.9. The SMILES string of the molecule is CC(C)(C)[C@H](N)C(=O)N1CCC(C(=O)N(Cc2ccccc2)C2CC2)CC1.Cl. The highest BCUT2D eigenvalue weighted by molar-refractivity contribution is 5.85. The largest absolute Gasteiger partial charge is 0.341 e. The highest BCUT2D eigenvalue weighted by Gasteiger charge is 2.38. The first-order chi connectivity index (χ1) is 12.8. The van der Waals surface area contributed by atoms with Crippen molar-refractivity contribution in [1.29, 1.82) is 0 Å². The van der Waals surface area contributed by atoms with Crippen molar-refractivity contribution in [2.45, 2.75) is 65.1 Å². The summed E-state index contributed by atoms with van der Waals surface area (Å²) in [7, 11) is 0. The van der Waals surface area contributed by atoms with Gasteiger partial charge < -0.3 is 15.5 Å². The number of hydrogen-bond acceptors (Lipinski definition) is 3. The molecule has 5 nitrogen and oxygen atoms in total. The molecule has 1 saturated heterocycles. The molecule has 6 heteroatoms. The monoisotopic (exact) mass is 407 g/mol. The van der Waals surface area contributed by atoms with Crippen LogP contribution in [0.25, 0.3) is 0 Å². The van der Waals surface area contributed by atoms with Crippen molar-refractivity contribution in [2.24, 2.45) is 17.1 Å². The Balaban J connectivity index is 0.00000280. The van der Waals surface area contributed by atoms with Crippen LogP contribution in [-0.4, -0.2) is 46.8 Å². The molecule has 1 aromatic rings. The van der Waals surface area contributed by atoms with Gasteiger partial charge in [-0.2, -0.15) is 0 Å². The maximum absolute atomic E-state index is 13.2. The summed E-state index contributed by atoms with van der Waals surface area (Å²) >= 11 is 0. The molecule has 2 N–H and O–H groups in total. The van der Waals surface area contributed by atoms with E-state index in [-0.39, 0.29) is 35.6 Å². The van der Waals surface area contributed by atoms with Crippen LogP contribution in [-0.2, 0) is 16.1 Å². The molecular weight excluding hydrogens is 374 g/mol. The third-order valence-corrected chi connectivity index (χ3v) is 5.82. The Kier molecular flexibility index (Phi) is 7.52. The van der Waals surface area contributed by atoms with Crippen molar-refractivity contribution >= 4 is 24.2 Å². The van der Waals surface area contributed by atoms with Crippen molar-refractivity contribution in [3.8, 4) is 0 Å². The van der Waals surface area contributed by atoms with Gasteiger partial charge in [0.15, 0.2) is 0 Å². The lowest BCUT2D eigenvalue weighted by Crippen LogP contribution is -2.53. The number of hydrogen-bond donors (Lipinski definition) is 1. The van der Waals surface area contributed by atoms with E-state index in [0.717, 1.165) is 25.7 Å². The molecule has 0 spiro atoms. The van der Waals surface area contributed by atoms with Crippen LogP contribution in [0.5, 0.6) is 0 Å². The molecular formula is C22H34ClN3O2. The first kappa shape index (κ1) is 22.7. The number of rotatable bonds is 5. The Morgan fingerprint density at radius 1 is 1.11 bits per heavy atom. The van der Waals surface area contributed by atoms with E-state index in [1.165, 1.54) is 5.56 Å². The van der Waals surface area contributed by atoms with Gasteiger partial charge in [0.05, 0.1) is 6.04 Å². The predicted octanol–water partition coefficient (Wildman–Crippen LogP) is 3.21. The van der Waals surface area contributed by atoms with Crippen LogP contribution in [0.4, 0.5) is 0 Å². The van der Waals surface area contributed by atoms with Crippen molar-refractivity contribution in [3.05, 3.63) is 35.9 Å². The van der Waals surface area contributed by atoms with E-state index in [0.29, 0.717) is 25.7 Å². The second-order valence-electron chi connectivity index (χ2n) is 9.13. The quantitative estimate of drug-likeness (QED) is 0.814. The number of halogens is 1. The number of nitrogens with two attached hydrogens (primary N) is 1. The minimum atomic E-state index is -0.495. The smallest absolute Gasteiger partial charge is 0.240 e. The summed E-state index contributed by atoms with van der Waals surface area (Å²) in [5, 5.41) is 0. The fourth-order valence-corrected chi connectivity index (χ4v) is 3.70. The Hall–Kier alpha value is -1.59. The Morgan fingerprint density at radius 3 is 2.18 bits per heavy atom. The topological polar surface area (TPSA) is 66.6 Å². The zero-order chi connectivity index (χ0) is 19.6. The lowest BCUT2D eigenvalue weighted by molar-refractivity contribution is -0.143. The summed E-state index contributed by atoms with van der Waals surface area (Å²) in [6.45, 7) is 7.92. The molecule has 0 aromatic heterocycles. The van der Waals surface area contributed by atoms with Crippen LogP contribution >= 0.6 is 12.4 Å². The first-order valence-corrected chi connectivity index (χ1v) is 10.2.